The van der Waals surface area contributed by atoms with E-state index < -0.39 is 0 Å². The SMILES string of the molecule is Cc1ccc(-c2csc3ncnc(NCCCO)c23)cc1C. The highest BCUT2D eigenvalue weighted by atomic mass is 32.1. The second-order valence-corrected chi connectivity index (χ2v) is 6.21. The van der Waals surface area contributed by atoms with Crippen LogP contribution >= 0.6 is 11.3 Å². The smallest absolute Gasteiger partial charge is 0.138 e. The molecule has 0 saturated carbocycles. The number of aliphatic hydroxyl groups excluding tert-OH is 1. The Balaban J connectivity index is 2.07. The summed E-state index contributed by atoms with van der Waals surface area (Å²) in [6, 6.07) is 6.51. The van der Waals surface area contributed by atoms with Crippen LogP contribution in [-0.2, 0) is 0 Å². The maximum atomic E-state index is 8.94. The molecule has 22 heavy (non-hydrogen) atoms. The van der Waals surface area contributed by atoms with Crippen LogP contribution < -0.4 is 5.32 Å². The van der Waals surface area contributed by atoms with Crippen molar-refractivity contribution < 1.29 is 5.11 Å². The highest BCUT2D eigenvalue weighted by Crippen LogP contribution is 2.36. The molecule has 0 unspecified atom stereocenters. The van der Waals surface area contributed by atoms with Gasteiger partial charge in [-0.15, -0.1) is 11.3 Å². The molecule has 0 fully saturated rings. The number of thiophene rings is 1. The lowest BCUT2D eigenvalue weighted by molar-refractivity contribution is 0.292. The predicted octanol–water partition coefficient (Wildman–Crippen LogP) is 3.77. The first kappa shape index (κ1) is 14.9. The van der Waals surface area contributed by atoms with Crippen LogP contribution in [0, 0.1) is 13.8 Å². The second-order valence-electron chi connectivity index (χ2n) is 5.35. The Kier molecular flexibility index (Phi) is 4.36. The van der Waals surface area contributed by atoms with E-state index in [1.807, 2.05) is 0 Å². The fourth-order valence-corrected chi connectivity index (χ4v) is 3.33. The number of aliphatic hydroxyl groups is 1. The summed E-state index contributed by atoms with van der Waals surface area (Å²) >= 11 is 1.63. The first-order valence-electron chi connectivity index (χ1n) is 7.35. The van der Waals surface area contributed by atoms with E-state index in [2.05, 4.69) is 52.7 Å². The van der Waals surface area contributed by atoms with E-state index in [1.165, 1.54) is 16.7 Å². The lowest BCUT2D eigenvalue weighted by Gasteiger charge is -2.09. The van der Waals surface area contributed by atoms with Gasteiger partial charge in [-0.1, -0.05) is 18.2 Å². The van der Waals surface area contributed by atoms with Crippen LogP contribution in [0.25, 0.3) is 21.3 Å². The van der Waals surface area contributed by atoms with Gasteiger partial charge in [0.1, 0.15) is 17.0 Å². The lowest BCUT2D eigenvalue weighted by atomic mass is 10.0. The van der Waals surface area contributed by atoms with Crippen LogP contribution in [0.2, 0.25) is 0 Å². The highest BCUT2D eigenvalue weighted by molar-refractivity contribution is 7.17. The summed E-state index contributed by atoms with van der Waals surface area (Å²) in [5.41, 5.74) is 4.92. The molecular formula is C17H19N3OS. The lowest BCUT2D eigenvalue weighted by Crippen LogP contribution is -2.05. The topological polar surface area (TPSA) is 58.0 Å². The number of rotatable bonds is 5. The molecule has 0 saturated heterocycles. The number of anilines is 1. The molecule has 3 rings (SSSR count). The van der Waals surface area contributed by atoms with Crippen molar-refractivity contribution in [2.75, 3.05) is 18.5 Å². The van der Waals surface area contributed by atoms with Crippen molar-refractivity contribution in [2.45, 2.75) is 20.3 Å². The zero-order valence-corrected chi connectivity index (χ0v) is 13.6. The van der Waals surface area contributed by atoms with Gasteiger partial charge < -0.3 is 10.4 Å². The summed E-state index contributed by atoms with van der Waals surface area (Å²) in [6.07, 6.45) is 2.29. The van der Waals surface area contributed by atoms with Gasteiger partial charge in [-0.05, 0) is 37.0 Å². The Morgan fingerprint density at radius 3 is 2.82 bits per heavy atom. The molecule has 0 atom stereocenters. The van der Waals surface area contributed by atoms with Crippen molar-refractivity contribution >= 4 is 27.4 Å². The van der Waals surface area contributed by atoms with Gasteiger partial charge in [0.05, 0.1) is 5.39 Å². The third-order valence-electron chi connectivity index (χ3n) is 3.82. The average Bonchev–Trinajstić information content (AvgIpc) is 2.95. The van der Waals surface area contributed by atoms with Gasteiger partial charge >= 0.3 is 0 Å². The summed E-state index contributed by atoms with van der Waals surface area (Å²) in [5.74, 6) is 0.841. The van der Waals surface area contributed by atoms with Gasteiger partial charge in [0.15, 0.2) is 0 Å². The molecule has 3 aromatic rings. The van der Waals surface area contributed by atoms with Crippen LogP contribution in [0.4, 0.5) is 5.82 Å². The van der Waals surface area contributed by atoms with Crippen molar-refractivity contribution in [3.8, 4) is 11.1 Å². The predicted molar refractivity (Wildman–Crippen MR) is 92.5 cm³/mol. The molecule has 114 valence electrons. The molecule has 2 N–H and O–H groups in total. The first-order chi connectivity index (χ1) is 10.7. The summed E-state index contributed by atoms with van der Waals surface area (Å²) in [4.78, 5) is 9.74. The van der Waals surface area contributed by atoms with Crippen LogP contribution in [0.3, 0.4) is 0 Å². The van der Waals surface area contributed by atoms with E-state index in [0.29, 0.717) is 13.0 Å². The number of benzene rings is 1. The Bertz CT molecular complexity index is 798. The third-order valence-corrected chi connectivity index (χ3v) is 4.70. The first-order valence-corrected chi connectivity index (χ1v) is 8.23. The largest absolute Gasteiger partial charge is 0.396 e. The molecule has 0 spiro atoms. The minimum Gasteiger partial charge on any atom is -0.396 e. The van der Waals surface area contributed by atoms with Crippen LogP contribution in [0.1, 0.15) is 17.5 Å². The summed E-state index contributed by atoms with van der Waals surface area (Å²) in [5, 5.41) is 15.4. The molecule has 4 nitrogen and oxygen atoms in total. The Morgan fingerprint density at radius 1 is 1.18 bits per heavy atom. The van der Waals surface area contributed by atoms with E-state index in [4.69, 9.17) is 5.11 Å². The van der Waals surface area contributed by atoms with Crippen molar-refractivity contribution in [1.82, 2.24) is 9.97 Å². The van der Waals surface area contributed by atoms with Gasteiger partial charge in [0, 0.05) is 24.1 Å². The number of hydrogen-bond donors (Lipinski definition) is 2. The molecule has 0 bridgehead atoms. The standard InChI is InChI=1S/C17H19N3OS/c1-11-4-5-13(8-12(11)2)14-9-22-17-15(14)16(19-10-20-17)18-6-3-7-21/h4-5,8-10,21H,3,6-7H2,1-2H3,(H,18,19,20). The van der Waals surface area contributed by atoms with Crippen molar-refractivity contribution in [2.24, 2.45) is 0 Å². The average molecular weight is 313 g/mol. The quantitative estimate of drug-likeness (QED) is 0.704. The van der Waals surface area contributed by atoms with E-state index >= 15 is 0 Å². The van der Waals surface area contributed by atoms with E-state index in [1.54, 1.807) is 17.7 Å². The van der Waals surface area contributed by atoms with Gasteiger partial charge in [0.25, 0.3) is 0 Å². The fraction of sp³-hybridized carbons (Fsp3) is 0.294. The van der Waals surface area contributed by atoms with E-state index in [0.717, 1.165) is 21.6 Å². The number of nitrogens with zero attached hydrogens (tertiary/aromatic N) is 2. The summed E-state index contributed by atoms with van der Waals surface area (Å²) in [7, 11) is 0. The minimum absolute atomic E-state index is 0.175. The second kappa shape index (κ2) is 6.42. The molecule has 2 heterocycles. The maximum absolute atomic E-state index is 8.94. The normalized spacial score (nSPS) is 11.0. The van der Waals surface area contributed by atoms with Crippen molar-refractivity contribution in [3.63, 3.8) is 0 Å². The van der Waals surface area contributed by atoms with Crippen molar-refractivity contribution in [3.05, 3.63) is 41.0 Å². The van der Waals surface area contributed by atoms with E-state index in [-0.39, 0.29) is 6.61 Å². The molecular weight excluding hydrogens is 294 g/mol. The maximum Gasteiger partial charge on any atom is 0.138 e. The van der Waals surface area contributed by atoms with Crippen LogP contribution in [-0.4, -0.2) is 28.2 Å². The molecule has 0 radical (unpaired) electrons. The summed E-state index contributed by atoms with van der Waals surface area (Å²) in [6.45, 7) is 5.12. The monoisotopic (exact) mass is 313 g/mol. The zero-order chi connectivity index (χ0) is 15.5. The molecule has 0 aliphatic rings. The highest BCUT2D eigenvalue weighted by Gasteiger charge is 2.13. The van der Waals surface area contributed by atoms with Crippen LogP contribution in [0.15, 0.2) is 29.9 Å². The molecule has 5 heteroatoms. The van der Waals surface area contributed by atoms with E-state index in [9.17, 15) is 0 Å². The van der Waals surface area contributed by atoms with Gasteiger partial charge in [0.2, 0.25) is 0 Å². The van der Waals surface area contributed by atoms with Gasteiger partial charge in [-0.2, -0.15) is 0 Å². The Morgan fingerprint density at radius 2 is 2.05 bits per heavy atom. The Hall–Kier alpha value is -1.98. The molecule has 2 aromatic heterocycles. The molecule has 1 aromatic carbocycles. The van der Waals surface area contributed by atoms with Crippen LogP contribution in [0.5, 0.6) is 0 Å². The molecule has 0 amide bonds. The fourth-order valence-electron chi connectivity index (χ4n) is 2.42. The number of aromatic nitrogens is 2. The number of fused-ring (bicyclic) bond motifs is 1. The third kappa shape index (κ3) is 2.82. The Labute approximate surface area is 133 Å². The number of aryl methyl sites for hydroxylation is 2. The van der Waals surface area contributed by atoms with Gasteiger partial charge in [-0.3, -0.25) is 0 Å². The van der Waals surface area contributed by atoms with Crippen molar-refractivity contribution in [1.29, 1.82) is 0 Å². The number of nitrogens with one attached hydrogen (secondary N) is 1. The van der Waals surface area contributed by atoms with Gasteiger partial charge in [-0.25, -0.2) is 9.97 Å². The zero-order valence-electron chi connectivity index (χ0n) is 12.8. The summed E-state index contributed by atoms with van der Waals surface area (Å²) < 4.78 is 0. The molecule has 0 aliphatic carbocycles. The minimum atomic E-state index is 0.175. The number of hydrogen-bond acceptors (Lipinski definition) is 5. The molecule has 0 aliphatic heterocycles.